The van der Waals surface area contributed by atoms with Crippen LogP contribution in [-0.4, -0.2) is 19.8 Å². The zero-order valence-corrected chi connectivity index (χ0v) is 16.5. The second-order valence-corrected chi connectivity index (χ2v) is 8.80. The van der Waals surface area contributed by atoms with Gasteiger partial charge in [-0.15, -0.1) is 0 Å². The topological polar surface area (TPSA) is 60.2 Å². The standard InChI is InChI=1S/C18H14BrF2NO3S/c1-9-6-11(4-5-13(9)19)18-17(10(2)25-22-18)12-7-15(21)16(8-14(12)20)26(3,23)24/h4-8H,1-3H3. The molecule has 8 heteroatoms. The second-order valence-electron chi connectivity index (χ2n) is 5.96. The summed E-state index contributed by atoms with van der Waals surface area (Å²) in [5.74, 6) is -1.60. The van der Waals surface area contributed by atoms with Crippen LogP contribution in [0, 0.1) is 25.5 Å². The van der Waals surface area contributed by atoms with Gasteiger partial charge < -0.3 is 4.52 Å². The van der Waals surface area contributed by atoms with E-state index in [-0.39, 0.29) is 11.1 Å². The summed E-state index contributed by atoms with van der Waals surface area (Å²) in [6, 6.07) is 6.98. The summed E-state index contributed by atoms with van der Waals surface area (Å²) in [5.41, 5.74) is 2.13. The number of rotatable bonds is 3. The zero-order valence-electron chi connectivity index (χ0n) is 14.1. The summed E-state index contributed by atoms with van der Waals surface area (Å²) in [5, 5.41) is 3.98. The van der Waals surface area contributed by atoms with Gasteiger partial charge >= 0.3 is 0 Å². The molecule has 0 unspecified atom stereocenters. The summed E-state index contributed by atoms with van der Waals surface area (Å²) in [4.78, 5) is -0.686. The number of aryl methyl sites for hydroxylation is 2. The maximum atomic E-state index is 14.6. The zero-order chi connectivity index (χ0) is 19.2. The number of hydrogen-bond acceptors (Lipinski definition) is 4. The maximum absolute atomic E-state index is 14.6. The predicted octanol–water partition coefficient (Wildman–Crippen LogP) is 5.07. The number of benzene rings is 2. The Labute approximate surface area is 157 Å². The van der Waals surface area contributed by atoms with E-state index in [9.17, 15) is 17.2 Å². The lowest BCUT2D eigenvalue weighted by molar-refractivity contribution is 0.400. The highest BCUT2D eigenvalue weighted by Crippen LogP contribution is 2.38. The van der Waals surface area contributed by atoms with E-state index in [0.29, 0.717) is 23.1 Å². The van der Waals surface area contributed by atoms with Crippen LogP contribution in [0.15, 0.2) is 44.2 Å². The molecule has 0 spiro atoms. The van der Waals surface area contributed by atoms with Crippen molar-refractivity contribution in [3.8, 4) is 22.4 Å². The predicted molar refractivity (Wildman–Crippen MR) is 97.6 cm³/mol. The molecule has 0 fully saturated rings. The minimum Gasteiger partial charge on any atom is -0.360 e. The summed E-state index contributed by atoms with van der Waals surface area (Å²) in [6.45, 7) is 3.47. The summed E-state index contributed by atoms with van der Waals surface area (Å²) >= 11 is 3.41. The van der Waals surface area contributed by atoms with Gasteiger partial charge in [0.2, 0.25) is 0 Å². The minimum atomic E-state index is -3.88. The smallest absolute Gasteiger partial charge is 0.178 e. The van der Waals surface area contributed by atoms with Crippen molar-refractivity contribution in [2.24, 2.45) is 0 Å². The molecule has 2 aromatic carbocycles. The number of aromatic nitrogens is 1. The van der Waals surface area contributed by atoms with E-state index in [1.54, 1.807) is 13.0 Å². The number of hydrogen-bond donors (Lipinski definition) is 0. The first-order valence-corrected chi connectivity index (χ1v) is 10.2. The molecule has 0 aliphatic carbocycles. The van der Waals surface area contributed by atoms with Crippen LogP contribution in [0.25, 0.3) is 22.4 Å². The van der Waals surface area contributed by atoms with Crippen molar-refractivity contribution in [1.82, 2.24) is 5.16 Å². The summed E-state index contributed by atoms with van der Waals surface area (Å²) < 4.78 is 58.2. The molecule has 1 heterocycles. The fourth-order valence-corrected chi connectivity index (χ4v) is 3.66. The highest BCUT2D eigenvalue weighted by Gasteiger charge is 2.24. The van der Waals surface area contributed by atoms with Crippen LogP contribution >= 0.6 is 15.9 Å². The molecule has 26 heavy (non-hydrogen) atoms. The molecule has 0 bridgehead atoms. The first kappa shape index (κ1) is 18.7. The molecule has 4 nitrogen and oxygen atoms in total. The Bertz CT molecular complexity index is 1120. The van der Waals surface area contributed by atoms with Gasteiger partial charge in [-0.1, -0.05) is 27.2 Å². The lowest BCUT2D eigenvalue weighted by atomic mass is 9.98. The molecular formula is C18H14BrF2NO3S. The molecule has 0 aliphatic heterocycles. The molecule has 0 radical (unpaired) electrons. The highest BCUT2D eigenvalue weighted by molar-refractivity contribution is 9.10. The molecule has 0 saturated carbocycles. The SMILES string of the molecule is Cc1cc(-c2noc(C)c2-c2cc(F)c(S(C)(=O)=O)cc2F)ccc1Br. The van der Waals surface area contributed by atoms with Gasteiger partial charge in [0.15, 0.2) is 9.84 Å². The largest absolute Gasteiger partial charge is 0.360 e. The van der Waals surface area contributed by atoms with Crippen LogP contribution in [0.5, 0.6) is 0 Å². The molecule has 0 saturated heterocycles. The molecule has 3 rings (SSSR count). The van der Waals surface area contributed by atoms with E-state index < -0.39 is 26.4 Å². The third kappa shape index (κ3) is 3.31. The van der Waals surface area contributed by atoms with Crippen LogP contribution in [-0.2, 0) is 9.84 Å². The van der Waals surface area contributed by atoms with Crippen molar-refractivity contribution in [2.75, 3.05) is 6.26 Å². The molecule has 0 atom stereocenters. The normalized spacial score (nSPS) is 11.8. The molecule has 1 aromatic heterocycles. The second kappa shape index (κ2) is 6.59. The van der Waals surface area contributed by atoms with Gasteiger partial charge in [0.1, 0.15) is 28.0 Å². The van der Waals surface area contributed by atoms with Gasteiger partial charge in [0.25, 0.3) is 0 Å². The Morgan fingerprint density at radius 2 is 1.77 bits per heavy atom. The van der Waals surface area contributed by atoms with E-state index in [4.69, 9.17) is 4.52 Å². The molecule has 136 valence electrons. The van der Waals surface area contributed by atoms with E-state index in [1.807, 2.05) is 19.1 Å². The fraction of sp³-hybridized carbons (Fsp3) is 0.167. The molecule has 0 amide bonds. The van der Waals surface area contributed by atoms with Gasteiger partial charge in [0, 0.05) is 21.9 Å². The van der Waals surface area contributed by atoms with Crippen LogP contribution < -0.4 is 0 Å². The van der Waals surface area contributed by atoms with Gasteiger partial charge in [0.05, 0.1) is 5.56 Å². The highest BCUT2D eigenvalue weighted by atomic mass is 79.9. The van der Waals surface area contributed by atoms with Crippen molar-refractivity contribution in [1.29, 1.82) is 0 Å². The summed E-state index contributed by atoms with van der Waals surface area (Å²) in [7, 11) is -3.88. The van der Waals surface area contributed by atoms with Gasteiger partial charge in [-0.05, 0) is 43.7 Å². The lowest BCUT2D eigenvalue weighted by Gasteiger charge is -2.09. The van der Waals surface area contributed by atoms with Crippen LogP contribution in [0.4, 0.5) is 8.78 Å². The molecule has 3 aromatic rings. The third-order valence-corrected chi connectivity index (χ3v) is 5.99. The Hall–Kier alpha value is -2.06. The first-order valence-electron chi connectivity index (χ1n) is 7.52. The maximum Gasteiger partial charge on any atom is 0.178 e. The summed E-state index contributed by atoms with van der Waals surface area (Å²) in [6.07, 6.45) is 0.825. The quantitative estimate of drug-likeness (QED) is 0.569. The van der Waals surface area contributed by atoms with E-state index in [0.717, 1.165) is 22.4 Å². The Kier molecular flexibility index (Phi) is 4.74. The van der Waals surface area contributed by atoms with Crippen molar-refractivity contribution < 1.29 is 21.7 Å². The molecule has 0 N–H and O–H groups in total. The lowest BCUT2D eigenvalue weighted by Crippen LogP contribution is -2.03. The van der Waals surface area contributed by atoms with Gasteiger partial charge in [-0.3, -0.25) is 0 Å². The monoisotopic (exact) mass is 441 g/mol. The number of sulfone groups is 1. The first-order chi connectivity index (χ1) is 12.1. The van der Waals surface area contributed by atoms with Gasteiger partial charge in [-0.25, -0.2) is 17.2 Å². The van der Waals surface area contributed by atoms with Gasteiger partial charge in [-0.2, -0.15) is 0 Å². The van der Waals surface area contributed by atoms with Crippen molar-refractivity contribution in [3.63, 3.8) is 0 Å². The minimum absolute atomic E-state index is 0.107. The van der Waals surface area contributed by atoms with Crippen LogP contribution in [0.2, 0.25) is 0 Å². The Morgan fingerprint density at radius 1 is 1.08 bits per heavy atom. The fourth-order valence-electron chi connectivity index (χ4n) is 2.68. The van der Waals surface area contributed by atoms with Crippen molar-refractivity contribution in [2.45, 2.75) is 18.7 Å². The van der Waals surface area contributed by atoms with E-state index >= 15 is 0 Å². The van der Waals surface area contributed by atoms with E-state index in [1.165, 1.54) is 0 Å². The third-order valence-electron chi connectivity index (χ3n) is 3.98. The van der Waals surface area contributed by atoms with Crippen molar-refractivity contribution >= 4 is 25.8 Å². The Balaban J connectivity index is 2.24. The van der Waals surface area contributed by atoms with E-state index in [2.05, 4.69) is 21.1 Å². The van der Waals surface area contributed by atoms with Crippen molar-refractivity contribution in [3.05, 3.63) is 57.8 Å². The molecule has 0 aliphatic rings. The van der Waals surface area contributed by atoms with Crippen LogP contribution in [0.1, 0.15) is 11.3 Å². The Morgan fingerprint density at radius 3 is 2.38 bits per heavy atom. The average Bonchev–Trinajstić information content (AvgIpc) is 2.92. The average molecular weight is 442 g/mol. The number of nitrogens with zero attached hydrogens (tertiary/aromatic N) is 1. The van der Waals surface area contributed by atoms with Crippen LogP contribution in [0.3, 0.4) is 0 Å². The number of halogens is 3. The molecular weight excluding hydrogens is 428 g/mol.